The summed E-state index contributed by atoms with van der Waals surface area (Å²) in [5, 5.41) is 7.60. The van der Waals surface area contributed by atoms with Crippen LogP contribution in [0.15, 0.2) is 33.0 Å². The number of hydrogen-bond donors (Lipinski definition) is 3. The summed E-state index contributed by atoms with van der Waals surface area (Å²) in [7, 11) is -8.05. The molecule has 0 atom stereocenters. The second-order valence-corrected chi connectivity index (χ2v) is 12.3. The van der Waals surface area contributed by atoms with Crippen LogP contribution in [0.1, 0.15) is 42.4 Å². The lowest BCUT2D eigenvalue weighted by molar-refractivity contribution is 0.0944. The summed E-state index contributed by atoms with van der Waals surface area (Å²) in [5.41, 5.74) is 2.10. The zero-order chi connectivity index (χ0) is 26.1. The number of benzene rings is 1. The lowest BCUT2D eigenvalue weighted by Gasteiger charge is -2.15. The summed E-state index contributed by atoms with van der Waals surface area (Å²) in [6, 6.07) is 4.52. The Labute approximate surface area is 211 Å². The molecule has 0 aliphatic carbocycles. The van der Waals surface area contributed by atoms with Crippen LogP contribution in [0.25, 0.3) is 0 Å². The van der Waals surface area contributed by atoms with Crippen LogP contribution in [0.2, 0.25) is 5.02 Å². The second kappa shape index (κ2) is 9.97. The Morgan fingerprint density at radius 2 is 1.80 bits per heavy atom. The summed E-state index contributed by atoms with van der Waals surface area (Å²) in [5.74, 6) is -1.83. The van der Waals surface area contributed by atoms with E-state index in [1.54, 1.807) is 19.9 Å². The largest absolute Gasteiger partial charge is 0.347 e. The molecule has 0 aliphatic heterocycles. The van der Waals surface area contributed by atoms with Gasteiger partial charge in [-0.1, -0.05) is 28.4 Å². The fraction of sp³-hybridized carbons (Fsp3) is 0.250. The van der Waals surface area contributed by atoms with E-state index in [4.69, 9.17) is 16.1 Å². The molecule has 0 aliphatic rings. The third-order valence-electron chi connectivity index (χ3n) is 4.71. The molecule has 2 amide bonds. The van der Waals surface area contributed by atoms with Gasteiger partial charge >= 0.3 is 0 Å². The van der Waals surface area contributed by atoms with Crippen LogP contribution >= 0.6 is 22.9 Å². The highest BCUT2D eigenvalue weighted by Gasteiger charge is 2.27. The fourth-order valence-electron chi connectivity index (χ4n) is 3.18. The van der Waals surface area contributed by atoms with Gasteiger partial charge in [-0.05, 0) is 49.4 Å². The van der Waals surface area contributed by atoms with Crippen molar-refractivity contribution in [3.05, 3.63) is 61.4 Å². The number of thiophene rings is 1. The van der Waals surface area contributed by atoms with Crippen LogP contribution in [-0.4, -0.2) is 40.1 Å². The van der Waals surface area contributed by atoms with Gasteiger partial charge in [0.1, 0.15) is 20.5 Å². The Bertz CT molecular complexity index is 1530. The molecule has 0 fully saturated rings. The second-order valence-electron chi connectivity index (χ2n) is 7.62. The minimum Gasteiger partial charge on any atom is -0.347 e. The topological polar surface area (TPSA) is 165 Å². The maximum absolute atomic E-state index is 12.9. The first-order valence-corrected chi connectivity index (χ1v) is 14.5. The summed E-state index contributed by atoms with van der Waals surface area (Å²) in [4.78, 5) is 25.0. The molecule has 2 heterocycles. The number of rotatable bonds is 8. The first-order chi connectivity index (χ1) is 16.2. The number of carbonyl (C=O) groups excluding carboxylic acids is 2. The zero-order valence-corrected chi connectivity index (χ0v) is 22.1. The molecule has 35 heavy (non-hydrogen) atoms. The Morgan fingerprint density at radius 3 is 2.40 bits per heavy atom. The van der Waals surface area contributed by atoms with E-state index in [9.17, 15) is 26.4 Å². The molecular weight excluding hydrogens is 540 g/mol. The van der Waals surface area contributed by atoms with E-state index < -0.39 is 31.9 Å². The highest BCUT2D eigenvalue weighted by Crippen LogP contribution is 2.30. The molecule has 0 spiro atoms. The van der Waals surface area contributed by atoms with E-state index in [2.05, 4.69) is 15.2 Å². The number of hydrogen-bond acceptors (Lipinski definition) is 9. The predicted octanol–water partition coefficient (Wildman–Crippen LogP) is 2.73. The molecule has 15 heteroatoms. The van der Waals surface area contributed by atoms with Crippen molar-refractivity contribution in [2.24, 2.45) is 0 Å². The third kappa shape index (κ3) is 6.20. The molecule has 0 saturated carbocycles. The molecular formula is C20H21ClN4O7S3. The average molecular weight is 561 g/mol. The predicted molar refractivity (Wildman–Crippen MR) is 131 cm³/mol. The van der Waals surface area contributed by atoms with Gasteiger partial charge in [0, 0.05) is 12.1 Å². The summed E-state index contributed by atoms with van der Waals surface area (Å²) < 4.78 is 57.7. The van der Waals surface area contributed by atoms with Crippen LogP contribution in [0, 0.1) is 20.8 Å². The van der Waals surface area contributed by atoms with Crippen LogP contribution in [0.3, 0.4) is 0 Å². The molecule has 0 unspecified atom stereocenters. The first kappa shape index (κ1) is 26.7. The SMILES string of the molecule is Cc1cc(C)c(CNC(=O)c2sccc2S(=O)(=O)Nc2onc(C)c2Cl)c(C(=O)NS(C)(=O)=O)c1. The molecule has 3 rings (SSSR count). The van der Waals surface area contributed by atoms with Crippen molar-refractivity contribution in [3.8, 4) is 0 Å². The van der Waals surface area contributed by atoms with Crippen molar-refractivity contribution < 1.29 is 30.9 Å². The van der Waals surface area contributed by atoms with Gasteiger partial charge in [-0.25, -0.2) is 26.3 Å². The summed E-state index contributed by atoms with van der Waals surface area (Å²) in [6.07, 6.45) is 0.856. The lowest BCUT2D eigenvalue weighted by atomic mass is 9.98. The van der Waals surface area contributed by atoms with Crippen LogP contribution in [-0.2, 0) is 26.6 Å². The number of anilines is 1. The number of halogens is 1. The van der Waals surface area contributed by atoms with Gasteiger partial charge < -0.3 is 9.84 Å². The molecule has 3 N–H and O–H groups in total. The van der Waals surface area contributed by atoms with Crippen molar-refractivity contribution in [2.45, 2.75) is 32.2 Å². The smallest absolute Gasteiger partial charge is 0.265 e. The normalized spacial score (nSPS) is 11.8. The molecule has 188 valence electrons. The number of amides is 2. The Morgan fingerprint density at radius 1 is 1.11 bits per heavy atom. The van der Waals surface area contributed by atoms with Crippen molar-refractivity contribution in [1.29, 1.82) is 0 Å². The molecule has 1 aromatic carbocycles. The minimum absolute atomic E-state index is 0.00967. The van der Waals surface area contributed by atoms with Crippen molar-refractivity contribution in [1.82, 2.24) is 15.2 Å². The zero-order valence-electron chi connectivity index (χ0n) is 18.9. The third-order valence-corrected chi connectivity index (χ3v) is 8.13. The van der Waals surface area contributed by atoms with Crippen molar-refractivity contribution in [3.63, 3.8) is 0 Å². The number of carbonyl (C=O) groups is 2. The molecule has 3 aromatic rings. The van der Waals surface area contributed by atoms with Gasteiger partial charge in [0.25, 0.3) is 27.7 Å². The van der Waals surface area contributed by atoms with Gasteiger partial charge in [-0.2, -0.15) is 0 Å². The number of nitrogens with zero attached hydrogens (tertiary/aromatic N) is 1. The fourth-order valence-corrected chi connectivity index (χ4v) is 6.14. The Balaban J connectivity index is 1.85. The number of sulfonamides is 2. The van der Waals surface area contributed by atoms with Crippen molar-refractivity contribution in [2.75, 3.05) is 11.0 Å². The summed E-state index contributed by atoms with van der Waals surface area (Å²) in [6.45, 7) is 4.82. The molecule has 0 radical (unpaired) electrons. The van der Waals surface area contributed by atoms with Crippen LogP contribution in [0.5, 0.6) is 0 Å². The van der Waals surface area contributed by atoms with Crippen molar-refractivity contribution >= 4 is 60.7 Å². The van der Waals surface area contributed by atoms with Gasteiger partial charge in [-0.3, -0.25) is 9.59 Å². The molecule has 0 saturated heterocycles. The number of nitrogens with one attached hydrogen (secondary N) is 3. The molecule has 11 nitrogen and oxygen atoms in total. The Hall–Kier alpha value is -2.94. The van der Waals surface area contributed by atoms with E-state index in [1.807, 2.05) is 4.72 Å². The molecule has 2 aromatic heterocycles. The van der Waals surface area contributed by atoms with E-state index in [0.29, 0.717) is 11.1 Å². The first-order valence-electron chi connectivity index (χ1n) is 9.82. The highest BCUT2D eigenvalue weighted by molar-refractivity contribution is 7.93. The quantitative estimate of drug-likeness (QED) is 0.378. The minimum atomic E-state index is -4.24. The Kier molecular flexibility index (Phi) is 7.59. The lowest BCUT2D eigenvalue weighted by Crippen LogP contribution is -2.32. The van der Waals surface area contributed by atoms with E-state index in [0.717, 1.165) is 23.2 Å². The highest BCUT2D eigenvalue weighted by atomic mass is 35.5. The van der Waals surface area contributed by atoms with Crippen LogP contribution < -0.4 is 14.8 Å². The summed E-state index contributed by atoms with van der Waals surface area (Å²) >= 11 is 6.87. The van der Waals surface area contributed by atoms with E-state index in [1.165, 1.54) is 24.4 Å². The maximum atomic E-state index is 12.9. The monoisotopic (exact) mass is 560 g/mol. The van der Waals surface area contributed by atoms with Gasteiger partial charge in [0.05, 0.1) is 6.26 Å². The molecule has 0 bridgehead atoms. The maximum Gasteiger partial charge on any atom is 0.265 e. The average Bonchev–Trinajstić information content (AvgIpc) is 3.34. The standard InChI is InChI=1S/C20H21ClN4O7S3/c1-10-7-11(2)14(13(8-10)18(26)24-34(4,28)29)9-22-19(27)17-15(5-6-33-17)35(30,31)25-20-16(21)12(3)23-32-20/h5-8,25H,9H2,1-4H3,(H,22,27)(H,24,26). The van der Waals surface area contributed by atoms with Gasteiger partial charge in [-0.15, -0.1) is 11.3 Å². The van der Waals surface area contributed by atoms with Crippen LogP contribution in [0.4, 0.5) is 5.88 Å². The number of aryl methyl sites for hydroxylation is 3. The van der Waals surface area contributed by atoms with Gasteiger partial charge in [0.2, 0.25) is 10.0 Å². The van der Waals surface area contributed by atoms with Gasteiger partial charge in [0.15, 0.2) is 0 Å². The van der Waals surface area contributed by atoms with E-state index in [-0.39, 0.29) is 38.5 Å². The number of aromatic nitrogens is 1. The van der Waals surface area contributed by atoms with E-state index >= 15 is 0 Å².